The summed E-state index contributed by atoms with van der Waals surface area (Å²) in [5.41, 5.74) is 1.84. The monoisotopic (exact) mass is 275 g/mol. The lowest BCUT2D eigenvalue weighted by molar-refractivity contribution is 0.364. The van der Waals surface area contributed by atoms with Crippen molar-refractivity contribution in [3.63, 3.8) is 0 Å². The molecule has 0 aromatic carbocycles. The first-order valence-electron chi connectivity index (χ1n) is 8.63. The van der Waals surface area contributed by atoms with Crippen molar-refractivity contribution < 1.29 is 0 Å². The van der Waals surface area contributed by atoms with Gasteiger partial charge in [0.2, 0.25) is 0 Å². The first kappa shape index (κ1) is 17.2. The van der Waals surface area contributed by atoms with Gasteiger partial charge in [0.1, 0.15) is 0 Å². The van der Waals surface area contributed by atoms with Gasteiger partial charge in [0.05, 0.1) is 0 Å². The van der Waals surface area contributed by atoms with E-state index in [4.69, 9.17) is 0 Å². The zero-order valence-corrected chi connectivity index (χ0v) is 13.8. The molecule has 1 heterocycles. The van der Waals surface area contributed by atoms with Crippen molar-refractivity contribution in [3.05, 3.63) is 30.1 Å². The molecule has 0 saturated heterocycles. The number of hydrogen-bond donors (Lipinski definition) is 0. The molecule has 1 heteroatoms. The standard InChI is InChI=1S/C19H33N/c1-4-6-8-10-14-19(3,15-11-9-7-5-2)18-12-16-20-17-13-18/h12-13,16-17H,4-11,14-15H2,1-3H3. The Morgan fingerprint density at radius 2 is 1.30 bits per heavy atom. The van der Waals surface area contributed by atoms with Crippen LogP contribution in [0.25, 0.3) is 0 Å². The molecule has 0 aliphatic heterocycles. The van der Waals surface area contributed by atoms with Gasteiger partial charge in [0.15, 0.2) is 0 Å². The summed E-state index contributed by atoms with van der Waals surface area (Å²) in [5.74, 6) is 0. The summed E-state index contributed by atoms with van der Waals surface area (Å²) < 4.78 is 0. The van der Waals surface area contributed by atoms with Gasteiger partial charge in [-0.05, 0) is 36.0 Å². The van der Waals surface area contributed by atoms with E-state index in [1.165, 1.54) is 69.8 Å². The quantitative estimate of drug-likeness (QED) is 0.433. The van der Waals surface area contributed by atoms with Crippen LogP contribution in [0.15, 0.2) is 24.5 Å². The molecule has 1 aromatic heterocycles. The van der Waals surface area contributed by atoms with Crippen LogP contribution in [0.4, 0.5) is 0 Å². The van der Waals surface area contributed by atoms with Crippen LogP contribution in [0, 0.1) is 0 Å². The van der Waals surface area contributed by atoms with Gasteiger partial charge in [-0.1, -0.05) is 72.1 Å². The lowest BCUT2D eigenvalue weighted by atomic mass is 9.74. The van der Waals surface area contributed by atoms with Crippen LogP contribution in [0.2, 0.25) is 0 Å². The highest BCUT2D eigenvalue weighted by molar-refractivity contribution is 5.21. The van der Waals surface area contributed by atoms with Gasteiger partial charge in [-0.2, -0.15) is 0 Å². The minimum atomic E-state index is 0.352. The van der Waals surface area contributed by atoms with Gasteiger partial charge >= 0.3 is 0 Å². The average molecular weight is 275 g/mol. The van der Waals surface area contributed by atoms with Gasteiger partial charge in [0.25, 0.3) is 0 Å². The Labute approximate surface area is 126 Å². The molecule has 0 fully saturated rings. The van der Waals surface area contributed by atoms with Gasteiger partial charge in [-0.15, -0.1) is 0 Å². The molecule has 0 bridgehead atoms. The zero-order valence-electron chi connectivity index (χ0n) is 13.8. The second-order valence-corrected chi connectivity index (χ2v) is 6.42. The summed E-state index contributed by atoms with van der Waals surface area (Å²) >= 11 is 0. The Morgan fingerprint density at radius 1 is 0.800 bits per heavy atom. The minimum Gasteiger partial charge on any atom is -0.265 e. The van der Waals surface area contributed by atoms with Crippen molar-refractivity contribution in [2.24, 2.45) is 0 Å². The Balaban J connectivity index is 2.57. The van der Waals surface area contributed by atoms with E-state index in [-0.39, 0.29) is 0 Å². The van der Waals surface area contributed by atoms with E-state index in [0.717, 1.165) is 0 Å². The molecule has 0 aliphatic carbocycles. The minimum absolute atomic E-state index is 0.352. The van der Waals surface area contributed by atoms with Crippen LogP contribution in [0.3, 0.4) is 0 Å². The Kier molecular flexibility index (Phi) is 8.57. The van der Waals surface area contributed by atoms with E-state index >= 15 is 0 Å². The third-order valence-electron chi connectivity index (χ3n) is 4.54. The number of nitrogens with zero attached hydrogens (tertiary/aromatic N) is 1. The second-order valence-electron chi connectivity index (χ2n) is 6.42. The molecule has 0 amide bonds. The summed E-state index contributed by atoms with van der Waals surface area (Å²) in [6.45, 7) is 7.03. The van der Waals surface area contributed by atoms with E-state index in [1.807, 2.05) is 12.4 Å². The first-order valence-corrected chi connectivity index (χ1v) is 8.63. The fourth-order valence-corrected chi connectivity index (χ4v) is 3.05. The summed E-state index contributed by atoms with van der Waals surface area (Å²) in [7, 11) is 0. The molecule has 0 atom stereocenters. The van der Waals surface area contributed by atoms with Crippen LogP contribution in [0.5, 0.6) is 0 Å². The van der Waals surface area contributed by atoms with Crippen molar-refractivity contribution in [2.45, 2.75) is 90.4 Å². The Bertz CT molecular complexity index is 319. The smallest absolute Gasteiger partial charge is 0.0270 e. The van der Waals surface area contributed by atoms with Crippen LogP contribution >= 0.6 is 0 Å². The molecule has 1 aromatic rings. The SMILES string of the molecule is CCCCCCC(C)(CCCCCC)c1ccncc1. The molecule has 0 radical (unpaired) electrons. The second kappa shape index (κ2) is 9.96. The molecule has 1 nitrogen and oxygen atoms in total. The van der Waals surface area contributed by atoms with Crippen molar-refractivity contribution in [1.82, 2.24) is 4.98 Å². The van der Waals surface area contributed by atoms with Crippen LogP contribution in [-0.2, 0) is 5.41 Å². The number of pyridine rings is 1. The summed E-state index contributed by atoms with van der Waals surface area (Å²) in [6.07, 6.45) is 17.4. The van der Waals surface area contributed by atoms with E-state index in [9.17, 15) is 0 Å². The van der Waals surface area contributed by atoms with Crippen LogP contribution in [0.1, 0.15) is 90.5 Å². The van der Waals surface area contributed by atoms with Gasteiger partial charge in [-0.3, -0.25) is 4.98 Å². The average Bonchev–Trinajstić information content (AvgIpc) is 2.49. The van der Waals surface area contributed by atoms with Gasteiger partial charge in [0, 0.05) is 12.4 Å². The fraction of sp³-hybridized carbons (Fsp3) is 0.737. The zero-order chi connectivity index (χ0) is 14.7. The summed E-state index contributed by atoms with van der Waals surface area (Å²) in [6, 6.07) is 4.44. The Morgan fingerprint density at radius 3 is 1.75 bits per heavy atom. The maximum atomic E-state index is 4.18. The van der Waals surface area contributed by atoms with Crippen LogP contribution < -0.4 is 0 Å². The predicted molar refractivity (Wildman–Crippen MR) is 89.1 cm³/mol. The lowest BCUT2D eigenvalue weighted by Gasteiger charge is -2.30. The van der Waals surface area contributed by atoms with Crippen molar-refractivity contribution in [1.29, 1.82) is 0 Å². The molecule has 20 heavy (non-hydrogen) atoms. The highest BCUT2D eigenvalue weighted by Crippen LogP contribution is 2.35. The van der Waals surface area contributed by atoms with Crippen molar-refractivity contribution in [3.8, 4) is 0 Å². The van der Waals surface area contributed by atoms with E-state index in [0.29, 0.717) is 5.41 Å². The van der Waals surface area contributed by atoms with Gasteiger partial charge < -0.3 is 0 Å². The number of aromatic nitrogens is 1. The number of hydrogen-bond acceptors (Lipinski definition) is 1. The lowest BCUT2D eigenvalue weighted by Crippen LogP contribution is -2.22. The fourth-order valence-electron chi connectivity index (χ4n) is 3.05. The molecule has 0 unspecified atom stereocenters. The van der Waals surface area contributed by atoms with Crippen molar-refractivity contribution >= 4 is 0 Å². The van der Waals surface area contributed by atoms with Crippen molar-refractivity contribution in [2.75, 3.05) is 0 Å². The van der Waals surface area contributed by atoms with E-state index < -0.39 is 0 Å². The molecule has 0 N–H and O–H groups in total. The normalized spacial score (nSPS) is 11.8. The maximum Gasteiger partial charge on any atom is 0.0270 e. The topological polar surface area (TPSA) is 12.9 Å². The largest absolute Gasteiger partial charge is 0.265 e. The van der Waals surface area contributed by atoms with Crippen LogP contribution in [-0.4, -0.2) is 4.98 Å². The summed E-state index contributed by atoms with van der Waals surface area (Å²) in [5, 5.41) is 0. The maximum absolute atomic E-state index is 4.18. The highest BCUT2D eigenvalue weighted by atomic mass is 14.6. The predicted octanol–water partition coefficient (Wildman–Crippen LogP) is 6.28. The Hall–Kier alpha value is -0.850. The first-order chi connectivity index (χ1) is 9.73. The van der Waals surface area contributed by atoms with E-state index in [1.54, 1.807) is 0 Å². The van der Waals surface area contributed by atoms with E-state index in [2.05, 4.69) is 37.9 Å². The molecule has 114 valence electrons. The molecule has 0 aliphatic rings. The number of rotatable bonds is 11. The molecule has 0 saturated carbocycles. The third kappa shape index (κ3) is 6.07. The third-order valence-corrected chi connectivity index (χ3v) is 4.54. The number of unbranched alkanes of at least 4 members (excludes halogenated alkanes) is 6. The summed E-state index contributed by atoms with van der Waals surface area (Å²) in [4.78, 5) is 4.18. The van der Waals surface area contributed by atoms with Gasteiger partial charge in [-0.25, -0.2) is 0 Å². The molecular formula is C19H33N. The molecular weight excluding hydrogens is 242 g/mol. The highest BCUT2D eigenvalue weighted by Gasteiger charge is 2.25. The molecule has 0 spiro atoms. The molecule has 1 rings (SSSR count).